The summed E-state index contributed by atoms with van der Waals surface area (Å²) >= 11 is 0. The van der Waals surface area contributed by atoms with E-state index in [1.807, 2.05) is 0 Å². The number of carboxylic acids is 1. The fourth-order valence-corrected chi connectivity index (χ4v) is 4.43. The number of anilines is 2. The van der Waals surface area contributed by atoms with E-state index in [1.165, 1.54) is 36.7 Å². The molecule has 4 heterocycles. The van der Waals surface area contributed by atoms with Gasteiger partial charge in [-0.15, -0.1) is 0 Å². The van der Waals surface area contributed by atoms with Crippen molar-refractivity contribution >= 4 is 45.4 Å². The van der Waals surface area contributed by atoms with Crippen LogP contribution < -0.4 is 11.5 Å². The Hall–Kier alpha value is -6.04. The van der Waals surface area contributed by atoms with Crippen molar-refractivity contribution in [1.82, 2.24) is 19.9 Å². The second-order valence-corrected chi connectivity index (χ2v) is 9.35. The average molecular weight is 611 g/mol. The molecular weight excluding hydrogens is 582 g/mol. The Morgan fingerprint density at radius 2 is 1.22 bits per heavy atom. The van der Waals surface area contributed by atoms with Crippen LogP contribution in [0.25, 0.3) is 44.3 Å². The van der Waals surface area contributed by atoms with Crippen molar-refractivity contribution in [3.05, 3.63) is 108 Å². The first kappa shape index (κ1) is 31.9. The van der Waals surface area contributed by atoms with Crippen LogP contribution in [0.3, 0.4) is 0 Å². The van der Waals surface area contributed by atoms with E-state index in [-0.39, 0.29) is 48.4 Å². The molecule has 10 nitrogen and oxygen atoms in total. The minimum atomic E-state index is -1.10. The quantitative estimate of drug-likeness (QED) is 0.182. The highest BCUT2D eigenvalue weighted by Crippen LogP contribution is 2.28. The summed E-state index contributed by atoms with van der Waals surface area (Å²) in [5, 5.41) is 10.1. The van der Waals surface area contributed by atoms with Crippen molar-refractivity contribution in [2.24, 2.45) is 0 Å². The van der Waals surface area contributed by atoms with Gasteiger partial charge in [0.25, 0.3) is 0 Å². The summed E-state index contributed by atoms with van der Waals surface area (Å²) in [6, 6.07) is 18.7. The Labute approximate surface area is 256 Å². The molecule has 0 aliphatic heterocycles. The lowest BCUT2D eigenvalue weighted by Crippen LogP contribution is -2.08. The summed E-state index contributed by atoms with van der Waals surface area (Å²) in [7, 11) is 0. The van der Waals surface area contributed by atoms with Gasteiger partial charge < -0.3 is 21.3 Å². The number of esters is 1. The molecule has 12 heteroatoms. The Bertz CT molecular complexity index is 2050. The molecule has 228 valence electrons. The molecular formula is C33H28F2N6O4. The Morgan fingerprint density at radius 3 is 1.67 bits per heavy atom. The second-order valence-electron chi connectivity index (χ2n) is 9.35. The first-order valence-electron chi connectivity index (χ1n) is 13.2. The molecule has 2 aromatic carbocycles. The molecule has 0 amide bonds. The predicted molar refractivity (Wildman–Crippen MR) is 168 cm³/mol. The van der Waals surface area contributed by atoms with Crippen molar-refractivity contribution in [2.75, 3.05) is 18.1 Å². The largest absolute Gasteiger partial charge is 0.478 e. The standard InChI is InChI=1S/C17H14FN3O2.C15H10FN3O2.CH4/c1-2-23-17(22)13-9-20-16(19)15-12(13)6-7-14(21-15)10-4-3-5-11(18)8-10;16-9-3-1-2-8(6-9)12-5-4-10-11(15(20)21)7-18-14(17)13(10)19-12;/h3-9H,2H2,1H3,(H2,19,20);1-7H,(H2,17,18)(H,20,21);1H4. The van der Waals surface area contributed by atoms with E-state index in [2.05, 4.69) is 19.9 Å². The number of nitrogens with zero attached hydrogens (tertiary/aromatic N) is 4. The van der Waals surface area contributed by atoms with Crippen LogP contribution in [0, 0.1) is 11.6 Å². The van der Waals surface area contributed by atoms with Gasteiger partial charge in [0.05, 0.1) is 29.1 Å². The van der Waals surface area contributed by atoms with Crippen molar-refractivity contribution in [2.45, 2.75) is 14.4 Å². The number of aromatic carboxylic acids is 1. The number of hydrogen-bond acceptors (Lipinski definition) is 9. The number of hydrogen-bond donors (Lipinski definition) is 3. The first-order chi connectivity index (χ1) is 21.2. The molecule has 0 saturated carbocycles. The van der Waals surface area contributed by atoms with E-state index in [0.29, 0.717) is 44.4 Å². The molecule has 0 aliphatic carbocycles. The van der Waals surface area contributed by atoms with Crippen LogP contribution in [0.5, 0.6) is 0 Å². The second kappa shape index (κ2) is 13.5. The van der Waals surface area contributed by atoms with Crippen LogP contribution in [0.4, 0.5) is 20.4 Å². The zero-order valence-corrected chi connectivity index (χ0v) is 23.2. The number of ether oxygens (including phenoxy) is 1. The number of carboxylic acid groups (broad SMARTS) is 1. The number of benzene rings is 2. The van der Waals surface area contributed by atoms with Crippen LogP contribution in [0.1, 0.15) is 35.1 Å². The third-order valence-electron chi connectivity index (χ3n) is 6.49. The van der Waals surface area contributed by atoms with Crippen molar-refractivity contribution in [3.8, 4) is 22.5 Å². The maximum atomic E-state index is 13.4. The van der Waals surface area contributed by atoms with Gasteiger partial charge in [0, 0.05) is 34.3 Å². The molecule has 0 atom stereocenters. The van der Waals surface area contributed by atoms with E-state index in [1.54, 1.807) is 55.5 Å². The summed E-state index contributed by atoms with van der Waals surface area (Å²) in [4.78, 5) is 39.7. The van der Waals surface area contributed by atoms with Gasteiger partial charge in [-0.25, -0.2) is 38.3 Å². The molecule has 4 aromatic heterocycles. The highest BCUT2D eigenvalue weighted by atomic mass is 19.1. The highest BCUT2D eigenvalue weighted by molar-refractivity contribution is 6.06. The third-order valence-corrected chi connectivity index (χ3v) is 6.49. The number of halogens is 2. The van der Waals surface area contributed by atoms with E-state index in [0.717, 1.165) is 0 Å². The molecule has 5 N–H and O–H groups in total. The van der Waals surface area contributed by atoms with Crippen LogP contribution in [0.15, 0.2) is 85.2 Å². The highest BCUT2D eigenvalue weighted by Gasteiger charge is 2.16. The summed E-state index contributed by atoms with van der Waals surface area (Å²) < 4.78 is 31.7. The SMILES string of the molecule is C.CCOC(=O)c1cnc(N)c2nc(-c3cccc(F)c3)ccc12.Nc1ncc(C(=O)O)c2ccc(-c3cccc(F)c3)nc12. The molecule has 45 heavy (non-hydrogen) atoms. The number of nitrogen functional groups attached to an aromatic ring is 2. The predicted octanol–water partition coefficient (Wildman–Crippen LogP) is 6.55. The maximum Gasteiger partial charge on any atom is 0.340 e. The Morgan fingerprint density at radius 1 is 0.756 bits per heavy atom. The van der Waals surface area contributed by atoms with E-state index < -0.39 is 11.9 Å². The summed E-state index contributed by atoms with van der Waals surface area (Å²) in [6.45, 7) is 1.99. The van der Waals surface area contributed by atoms with Crippen LogP contribution >= 0.6 is 0 Å². The minimum Gasteiger partial charge on any atom is -0.478 e. The molecule has 0 fully saturated rings. The van der Waals surface area contributed by atoms with Gasteiger partial charge in [-0.3, -0.25) is 0 Å². The van der Waals surface area contributed by atoms with Gasteiger partial charge in [-0.2, -0.15) is 0 Å². The normalized spacial score (nSPS) is 10.5. The smallest absolute Gasteiger partial charge is 0.340 e. The number of nitrogens with two attached hydrogens (primary N) is 2. The van der Waals surface area contributed by atoms with Crippen molar-refractivity contribution in [1.29, 1.82) is 0 Å². The summed E-state index contributed by atoms with van der Waals surface area (Å²) in [6.07, 6.45) is 2.57. The van der Waals surface area contributed by atoms with Gasteiger partial charge in [0.2, 0.25) is 0 Å². The van der Waals surface area contributed by atoms with Crippen molar-refractivity contribution < 1.29 is 28.2 Å². The minimum absolute atomic E-state index is 0. The molecule has 6 rings (SSSR count). The monoisotopic (exact) mass is 610 g/mol. The maximum absolute atomic E-state index is 13.4. The van der Waals surface area contributed by atoms with Crippen LogP contribution in [-0.2, 0) is 4.74 Å². The zero-order chi connectivity index (χ0) is 31.4. The van der Waals surface area contributed by atoms with Gasteiger partial charge in [0.15, 0.2) is 0 Å². The van der Waals surface area contributed by atoms with Gasteiger partial charge in [-0.1, -0.05) is 31.7 Å². The molecule has 0 aliphatic rings. The Balaban J connectivity index is 0.000000201. The van der Waals surface area contributed by atoms with E-state index >= 15 is 0 Å². The van der Waals surface area contributed by atoms with Gasteiger partial charge in [0.1, 0.15) is 34.3 Å². The number of fused-ring (bicyclic) bond motifs is 2. The molecule has 0 bridgehead atoms. The number of carbonyl (C=O) groups excluding carboxylic acids is 1. The molecule has 0 spiro atoms. The number of rotatable bonds is 5. The van der Waals surface area contributed by atoms with E-state index in [9.17, 15) is 18.4 Å². The average Bonchev–Trinajstić information content (AvgIpc) is 3.01. The lowest BCUT2D eigenvalue weighted by Gasteiger charge is -2.09. The van der Waals surface area contributed by atoms with Gasteiger partial charge in [-0.05, 0) is 55.5 Å². The fourth-order valence-electron chi connectivity index (χ4n) is 4.43. The lowest BCUT2D eigenvalue weighted by molar-refractivity contribution is 0.0527. The van der Waals surface area contributed by atoms with E-state index in [4.69, 9.17) is 21.3 Å². The van der Waals surface area contributed by atoms with Crippen molar-refractivity contribution in [3.63, 3.8) is 0 Å². The number of carbonyl (C=O) groups is 2. The summed E-state index contributed by atoms with van der Waals surface area (Å²) in [5.41, 5.74) is 14.9. The molecule has 0 unspecified atom stereocenters. The first-order valence-corrected chi connectivity index (χ1v) is 13.2. The number of pyridine rings is 4. The topological polar surface area (TPSA) is 167 Å². The summed E-state index contributed by atoms with van der Waals surface area (Å²) in [5.74, 6) is -1.98. The van der Waals surface area contributed by atoms with Crippen LogP contribution in [-0.4, -0.2) is 43.6 Å². The zero-order valence-electron chi connectivity index (χ0n) is 23.2. The Kier molecular flexibility index (Phi) is 9.57. The molecule has 0 saturated heterocycles. The third kappa shape index (κ3) is 6.80. The molecule has 6 aromatic rings. The van der Waals surface area contributed by atoms with Crippen LogP contribution in [0.2, 0.25) is 0 Å². The number of aromatic nitrogens is 4. The lowest BCUT2D eigenvalue weighted by atomic mass is 10.1. The fraction of sp³-hybridized carbons (Fsp3) is 0.0909. The van der Waals surface area contributed by atoms with Gasteiger partial charge >= 0.3 is 11.9 Å². The molecule has 0 radical (unpaired) electrons.